The molecule has 0 amide bonds. The summed E-state index contributed by atoms with van der Waals surface area (Å²) in [4.78, 5) is 33.3. The Morgan fingerprint density at radius 1 is 0.505 bits per heavy atom. The van der Waals surface area contributed by atoms with Gasteiger partial charge in [-0.05, 0) is 271 Å². The zero-order chi connectivity index (χ0) is 70.0. The fourth-order valence-corrected chi connectivity index (χ4v) is 16.2. The molecule has 5 atom stereocenters. The van der Waals surface area contributed by atoms with Gasteiger partial charge in [-0.15, -0.1) is 34.8 Å². The summed E-state index contributed by atoms with van der Waals surface area (Å²) in [6.07, 6.45) is 33.0. The predicted octanol–water partition coefficient (Wildman–Crippen LogP) is 16.7. The minimum atomic E-state index is -0.886. The summed E-state index contributed by atoms with van der Waals surface area (Å²) in [5.74, 6) is 5.34. The number of carbonyl (C=O) groups is 1. The number of carboxylic acids is 1. The molecular formula is C77H114Br3Cl4N6NaO10. The van der Waals surface area contributed by atoms with Crippen molar-refractivity contribution in [1.82, 2.24) is 24.9 Å². The van der Waals surface area contributed by atoms with E-state index in [-0.39, 0.29) is 70.4 Å². The quantitative estimate of drug-likeness (QED) is 0.0502. The minimum Gasteiger partial charge on any atom is -1.00 e. The maximum absolute atomic E-state index is 10.9. The van der Waals surface area contributed by atoms with Crippen LogP contribution in [0.4, 0.5) is 0 Å². The van der Waals surface area contributed by atoms with Crippen molar-refractivity contribution in [2.75, 3.05) is 84.6 Å². The van der Waals surface area contributed by atoms with Gasteiger partial charge in [-0.2, -0.15) is 0 Å². The third-order valence-corrected chi connectivity index (χ3v) is 21.7. The smallest absolute Gasteiger partial charge is 1.00 e. The van der Waals surface area contributed by atoms with Gasteiger partial charge in [0.05, 0.1) is 34.8 Å². The van der Waals surface area contributed by atoms with Crippen molar-refractivity contribution in [1.29, 1.82) is 0 Å². The average Bonchev–Trinajstić information content (AvgIpc) is 1.66. The van der Waals surface area contributed by atoms with E-state index in [1.54, 1.807) is 18.5 Å². The number of fused-ring (bicyclic) bond motifs is 2. The van der Waals surface area contributed by atoms with Crippen molar-refractivity contribution in [2.24, 2.45) is 35.3 Å². The van der Waals surface area contributed by atoms with E-state index < -0.39 is 5.97 Å². The van der Waals surface area contributed by atoms with Crippen LogP contribution in [0.5, 0.6) is 0 Å². The van der Waals surface area contributed by atoms with Gasteiger partial charge in [0.25, 0.3) is 0 Å². The van der Waals surface area contributed by atoms with Gasteiger partial charge in [-0.1, -0.05) is 40.3 Å². The van der Waals surface area contributed by atoms with E-state index in [0.29, 0.717) is 41.0 Å². The predicted molar refractivity (Wildman–Crippen MR) is 416 cm³/mol. The molecule has 6 fully saturated rings. The van der Waals surface area contributed by atoms with Crippen molar-refractivity contribution in [2.45, 2.75) is 212 Å². The Bertz CT molecular complexity index is 2930. The maximum Gasteiger partial charge on any atom is 1.00 e. The zero-order valence-electron chi connectivity index (χ0n) is 59.4. The van der Waals surface area contributed by atoms with Gasteiger partial charge in [0.2, 0.25) is 0 Å². The summed E-state index contributed by atoms with van der Waals surface area (Å²) in [7, 11) is 0. The summed E-state index contributed by atoms with van der Waals surface area (Å²) in [6.45, 7) is 15.4. The summed E-state index contributed by atoms with van der Waals surface area (Å²) < 4.78 is 34.7. The summed E-state index contributed by atoms with van der Waals surface area (Å²) >= 11 is 31.7. The van der Waals surface area contributed by atoms with Crippen molar-refractivity contribution < 1.29 is 79.5 Å². The Morgan fingerprint density at radius 3 is 1.24 bits per heavy atom. The maximum atomic E-state index is 10.9. The number of aryl methyl sites for hydroxylation is 2. The molecular weight excluding hydrogens is 1570 g/mol. The van der Waals surface area contributed by atoms with E-state index in [2.05, 4.69) is 98.7 Å². The molecule has 5 N–H and O–H groups in total. The van der Waals surface area contributed by atoms with E-state index in [1.165, 1.54) is 81.7 Å². The van der Waals surface area contributed by atoms with Gasteiger partial charge < -0.3 is 50.9 Å². The fraction of sp³-hybridized carbons (Fsp3) is 0.662. The van der Waals surface area contributed by atoms with Gasteiger partial charge >= 0.3 is 35.5 Å². The largest absolute Gasteiger partial charge is 1.00 e. The number of pyridine rings is 5. The first kappa shape index (κ1) is 91.8. The number of carboxylic acid groups (broad SMARTS) is 1. The molecule has 101 heavy (non-hydrogen) atoms. The SMILES string of the molecule is C.C.C1CCOC1.C[C@@H](CC1CCOCC1)c1ncc(Br)cc1CCl.C[C@@H](CC1CCOCC1)c1ncc(Br)cc1CO.ClCCl.Clc1cnc2c(c1)CC[C@H]2CC1CCOCC1.N[C@@H](CC1CCOCC1)c1ncc(Br)cc1CO.O=C(O)c1cnc2c(c1)CC[C@H]2CC1CCOCC1.[H-].[Na+]. The Labute approximate surface area is 672 Å². The van der Waals surface area contributed by atoms with E-state index in [1.807, 2.05) is 24.5 Å². The second kappa shape index (κ2) is 51.7. The third kappa shape index (κ3) is 32.3. The van der Waals surface area contributed by atoms with Gasteiger partial charge in [-0.25, -0.2) is 4.79 Å². The molecule has 562 valence electrons. The summed E-state index contributed by atoms with van der Waals surface area (Å²) in [6, 6.07) is 9.70. The third-order valence-electron chi connectivity index (χ3n) is 19.9. The number of nitrogens with zero attached hydrogens (tertiary/aromatic N) is 5. The Balaban J connectivity index is 0.000000319. The monoisotopic (exact) mass is 1680 g/mol. The number of ether oxygens (including phenoxy) is 6. The van der Waals surface area contributed by atoms with Crippen molar-refractivity contribution in [3.63, 3.8) is 0 Å². The van der Waals surface area contributed by atoms with Crippen LogP contribution >= 0.6 is 94.2 Å². The number of hydrogen-bond donors (Lipinski definition) is 4. The standard InChI is InChI=1S/C15H19NO3.C14H19BrClNO.C14H20BrNO2.C14H18ClNO.C13H19BrN2O2.C4H8O.CH2Cl2.2CH4.Na.H/c17-15(18)13-8-12-2-1-11(14(12)16-9-13)7-10-3-5-19-6-4-10;1-10(6-11-2-4-18-5-3-11)14-12(8-16)7-13(15)9-17-14;1-10(6-11-2-4-18-5-3-11)14-12(9-17)7-13(15)8-16-14;15-13-8-12-2-1-11(14(12)16-9-13)7-10-3-5-17-6-4-10;14-11-6-10(8-17)13(16-7-11)12(15)5-9-1-3-18-4-2-9;1-2-4-5-3-1;2-1-3;;;;/h8-11H,1-7H2,(H,17,18);7,9-11H,2-6,8H2,1H3;7-8,10-11,17H,2-6,9H2,1H3;8-11H,1-7H2;6-7,9,12,17H,1-5,8,15H2;1-4H2;1H2;2*1H4;;/q;;;;;;;;;+1;-1/t11-;2*10-;11-;12-;;;;;;/m00000....../s1. The molecule has 5 aromatic heterocycles. The first-order valence-electron chi connectivity index (χ1n) is 35.5. The molecule has 5 aromatic rings. The number of aliphatic hydroxyl groups excluding tert-OH is 2. The molecule has 24 heteroatoms. The molecule has 0 spiro atoms. The molecule has 2 aliphatic carbocycles. The van der Waals surface area contributed by atoms with E-state index >= 15 is 0 Å². The molecule has 0 unspecified atom stereocenters. The second-order valence-corrected chi connectivity index (χ2v) is 31.3. The van der Waals surface area contributed by atoms with Crippen molar-refractivity contribution in [3.05, 3.63) is 142 Å². The Hall–Kier alpha value is -1.54. The minimum absolute atomic E-state index is 0. The van der Waals surface area contributed by atoms with Crippen LogP contribution in [0, 0.1) is 29.6 Å². The van der Waals surface area contributed by atoms with Crippen molar-refractivity contribution >= 4 is 100 Å². The number of halogens is 7. The number of nitrogens with two attached hydrogens (primary N) is 1. The van der Waals surface area contributed by atoms with Gasteiger partial charge in [-0.3, -0.25) is 24.9 Å². The zero-order valence-corrected chi connectivity index (χ0v) is 68.2. The van der Waals surface area contributed by atoms with Crippen LogP contribution in [0.3, 0.4) is 0 Å². The topological polar surface area (TPSA) is 224 Å². The number of alkyl halides is 3. The Morgan fingerprint density at radius 2 is 0.851 bits per heavy atom. The van der Waals surface area contributed by atoms with E-state index in [0.717, 1.165) is 237 Å². The molecule has 11 heterocycles. The number of aromatic nitrogens is 5. The molecule has 0 radical (unpaired) electrons. The van der Waals surface area contributed by atoms with Gasteiger partial charge in [0.1, 0.15) is 0 Å². The molecule has 13 rings (SSSR count). The average molecular weight is 1690 g/mol. The van der Waals surface area contributed by atoms with Crippen LogP contribution in [0.2, 0.25) is 5.02 Å². The molecule has 6 aliphatic heterocycles. The fourth-order valence-electron chi connectivity index (χ4n) is 14.6. The van der Waals surface area contributed by atoms with E-state index in [4.69, 9.17) is 85.7 Å². The van der Waals surface area contributed by atoms with Gasteiger partial charge in [0.15, 0.2) is 0 Å². The first-order valence-corrected chi connectivity index (χ1v) is 39.9. The molecule has 0 saturated carbocycles. The van der Waals surface area contributed by atoms with Crippen LogP contribution in [0.15, 0.2) is 74.7 Å². The molecule has 8 aliphatic rings. The van der Waals surface area contributed by atoms with E-state index in [9.17, 15) is 15.0 Å². The van der Waals surface area contributed by atoms with Crippen LogP contribution in [-0.4, -0.2) is 131 Å². The number of aliphatic hydroxyl groups is 2. The number of rotatable bonds is 17. The van der Waals surface area contributed by atoms with Crippen LogP contribution in [0.25, 0.3) is 0 Å². The Kier molecular flexibility index (Phi) is 47.0. The van der Waals surface area contributed by atoms with Crippen molar-refractivity contribution in [3.8, 4) is 0 Å². The first-order chi connectivity index (χ1) is 47.6. The molecule has 16 nitrogen and oxygen atoms in total. The molecule has 0 aromatic carbocycles. The van der Waals surface area contributed by atoms with Crippen LogP contribution in [-0.2, 0) is 60.4 Å². The number of hydrogen-bond acceptors (Lipinski definition) is 15. The normalized spacial score (nSPS) is 20.0. The van der Waals surface area contributed by atoms with Crippen LogP contribution < -0.4 is 35.3 Å². The summed E-state index contributed by atoms with van der Waals surface area (Å²) in [5, 5.41) is 28.7. The summed E-state index contributed by atoms with van der Waals surface area (Å²) in [5.41, 5.74) is 17.4. The van der Waals surface area contributed by atoms with Crippen LogP contribution in [0.1, 0.15) is 248 Å². The number of aromatic carboxylic acids is 1. The molecule has 0 bridgehead atoms. The van der Waals surface area contributed by atoms with Gasteiger partial charge in [0, 0.05) is 181 Å². The molecule has 6 saturated heterocycles. The second-order valence-electron chi connectivity index (χ2n) is 27.1.